The smallest absolute Gasteiger partial charge is 0.407 e. The molecule has 4 rings (SSSR count). The molecule has 0 saturated carbocycles. The normalized spacial score (nSPS) is 13.8. The summed E-state index contributed by atoms with van der Waals surface area (Å²) < 4.78 is 15.9. The number of aliphatic hydroxyl groups is 2. The number of ether oxygens (including phenoxy) is 3. The predicted octanol–water partition coefficient (Wildman–Crippen LogP) is 3.45. The summed E-state index contributed by atoms with van der Waals surface area (Å²) in [5.41, 5.74) is 4.90. The number of aldehydes is 1. The standard InChI is InChI=1S/C27H27NO7/c1-33-24-12-21(25(34-2)11-16(24)14-29)26(31)23(30)13-28-27(32)35-15-22-19-9-5-3-7-17(19)18-8-4-6-10-20(18)22/h3-12,14,22-23,26,30-31H,13,15H2,1-2H3,(H,28,32). The van der Waals surface area contributed by atoms with Gasteiger partial charge in [-0.2, -0.15) is 0 Å². The topological polar surface area (TPSA) is 114 Å². The van der Waals surface area contributed by atoms with Crippen molar-refractivity contribution >= 4 is 12.4 Å². The number of rotatable bonds is 9. The number of benzene rings is 3. The lowest BCUT2D eigenvalue weighted by Crippen LogP contribution is -2.36. The quantitative estimate of drug-likeness (QED) is 0.405. The van der Waals surface area contributed by atoms with Crippen LogP contribution in [-0.4, -0.2) is 56.1 Å². The molecule has 8 nitrogen and oxygen atoms in total. The minimum absolute atomic E-state index is 0.0864. The summed E-state index contributed by atoms with van der Waals surface area (Å²) in [7, 11) is 2.77. The van der Waals surface area contributed by atoms with Crippen molar-refractivity contribution in [2.45, 2.75) is 18.1 Å². The number of amides is 1. The van der Waals surface area contributed by atoms with Gasteiger partial charge in [-0.3, -0.25) is 4.79 Å². The minimum Gasteiger partial charge on any atom is -0.496 e. The van der Waals surface area contributed by atoms with Crippen LogP contribution in [0.3, 0.4) is 0 Å². The molecule has 1 amide bonds. The average Bonchev–Trinajstić information content (AvgIpc) is 3.22. The van der Waals surface area contributed by atoms with E-state index in [1.54, 1.807) is 0 Å². The van der Waals surface area contributed by atoms with Crippen LogP contribution in [0.5, 0.6) is 11.5 Å². The van der Waals surface area contributed by atoms with Gasteiger partial charge in [-0.25, -0.2) is 4.79 Å². The summed E-state index contributed by atoms with van der Waals surface area (Å²) in [6.45, 7) is -0.130. The van der Waals surface area contributed by atoms with Gasteiger partial charge in [0.05, 0.1) is 19.8 Å². The fraction of sp³-hybridized carbons (Fsp3) is 0.259. The third-order valence-corrected chi connectivity index (χ3v) is 6.19. The number of hydrogen-bond donors (Lipinski definition) is 3. The number of nitrogens with one attached hydrogen (secondary N) is 1. The monoisotopic (exact) mass is 477 g/mol. The van der Waals surface area contributed by atoms with Crippen LogP contribution >= 0.6 is 0 Å². The van der Waals surface area contributed by atoms with E-state index in [1.165, 1.54) is 26.4 Å². The maximum Gasteiger partial charge on any atom is 0.407 e. The Kier molecular flexibility index (Phi) is 7.33. The first kappa shape index (κ1) is 24.3. The lowest BCUT2D eigenvalue weighted by molar-refractivity contribution is 0.0171. The van der Waals surface area contributed by atoms with E-state index in [2.05, 4.69) is 17.4 Å². The summed E-state index contributed by atoms with van der Waals surface area (Å²) >= 11 is 0. The molecule has 3 N–H and O–H groups in total. The molecule has 0 spiro atoms. The molecule has 1 aliphatic carbocycles. The number of carbonyl (C=O) groups excluding carboxylic acids is 2. The molecule has 0 aromatic heterocycles. The highest BCUT2D eigenvalue weighted by molar-refractivity contribution is 5.81. The Balaban J connectivity index is 1.38. The van der Waals surface area contributed by atoms with Crippen LogP contribution in [0.4, 0.5) is 4.79 Å². The van der Waals surface area contributed by atoms with Gasteiger partial charge in [0.1, 0.15) is 30.3 Å². The molecule has 3 aromatic carbocycles. The molecular formula is C27H27NO7. The lowest BCUT2D eigenvalue weighted by Gasteiger charge is -2.22. The third kappa shape index (κ3) is 4.84. The number of fused-ring (bicyclic) bond motifs is 3. The van der Waals surface area contributed by atoms with E-state index < -0.39 is 18.3 Å². The van der Waals surface area contributed by atoms with Gasteiger partial charge in [0.25, 0.3) is 0 Å². The molecule has 35 heavy (non-hydrogen) atoms. The molecule has 182 valence electrons. The zero-order chi connectivity index (χ0) is 24.9. The summed E-state index contributed by atoms with van der Waals surface area (Å²) in [6, 6.07) is 18.9. The van der Waals surface area contributed by atoms with Crippen molar-refractivity contribution in [2.24, 2.45) is 0 Å². The molecule has 0 radical (unpaired) electrons. The van der Waals surface area contributed by atoms with Gasteiger partial charge in [0.2, 0.25) is 0 Å². The first-order chi connectivity index (χ1) is 17.0. The second-order valence-corrected chi connectivity index (χ2v) is 8.17. The van der Waals surface area contributed by atoms with Gasteiger partial charge in [0.15, 0.2) is 6.29 Å². The van der Waals surface area contributed by atoms with Crippen LogP contribution in [0.15, 0.2) is 60.7 Å². The SMILES string of the molecule is COc1cc(C(O)C(O)CNC(=O)OCC2c3ccccc3-c3ccccc32)c(OC)cc1C=O. The molecule has 8 heteroatoms. The summed E-state index contributed by atoms with van der Waals surface area (Å²) in [6.07, 6.45) is -2.88. The molecule has 0 fully saturated rings. The average molecular weight is 478 g/mol. The Bertz CT molecular complexity index is 1180. The first-order valence-electron chi connectivity index (χ1n) is 11.1. The van der Waals surface area contributed by atoms with Crippen LogP contribution < -0.4 is 14.8 Å². The molecular weight excluding hydrogens is 450 g/mol. The van der Waals surface area contributed by atoms with Gasteiger partial charge in [0, 0.05) is 18.0 Å². The Morgan fingerprint density at radius 2 is 1.57 bits per heavy atom. The lowest BCUT2D eigenvalue weighted by atomic mass is 9.98. The Labute approximate surface area is 203 Å². The van der Waals surface area contributed by atoms with Crippen LogP contribution in [0.25, 0.3) is 11.1 Å². The molecule has 0 bridgehead atoms. The van der Waals surface area contributed by atoms with E-state index in [-0.39, 0.29) is 41.7 Å². The first-order valence-corrected chi connectivity index (χ1v) is 11.1. The molecule has 0 aliphatic heterocycles. The number of carbonyl (C=O) groups is 2. The van der Waals surface area contributed by atoms with E-state index in [0.717, 1.165) is 22.3 Å². The minimum atomic E-state index is -1.41. The van der Waals surface area contributed by atoms with Crippen molar-refractivity contribution in [1.82, 2.24) is 5.32 Å². The fourth-order valence-corrected chi connectivity index (χ4v) is 4.42. The van der Waals surface area contributed by atoms with Gasteiger partial charge >= 0.3 is 6.09 Å². The maximum atomic E-state index is 12.4. The molecule has 2 atom stereocenters. The third-order valence-electron chi connectivity index (χ3n) is 6.19. The van der Waals surface area contributed by atoms with Crippen molar-refractivity contribution in [3.63, 3.8) is 0 Å². The Hall–Kier alpha value is -3.88. The summed E-state index contributed by atoms with van der Waals surface area (Å²) in [5.74, 6) is 0.351. The highest BCUT2D eigenvalue weighted by Gasteiger charge is 2.29. The Morgan fingerprint density at radius 1 is 0.971 bits per heavy atom. The van der Waals surface area contributed by atoms with E-state index in [9.17, 15) is 19.8 Å². The number of methoxy groups -OCH3 is 2. The zero-order valence-corrected chi connectivity index (χ0v) is 19.4. The summed E-state index contributed by atoms with van der Waals surface area (Å²) in [5, 5.41) is 23.6. The van der Waals surface area contributed by atoms with Gasteiger partial charge in [-0.05, 0) is 34.4 Å². The van der Waals surface area contributed by atoms with Gasteiger partial charge in [-0.1, -0.05) is 48.5 Å². The number of alkyl carbamates (subject to hydrolysis) is 1. The van der Waals surface area contributed by atoms with Crippen molar-refractivity contribution in [1.29, 1.82) is 0 Å². The van der Waals surface area contributed by atoms with Crippen molar-refractivity contribution < 1.29 is 34.0 Å². The number of aliphatic hydroxyl groups excluding tert-OH is 2. The van der Waals surface area contributed by atoms with E-state index in [4.69, 9.17) is 14.2 Å². The second kappa shape index (κ2) is 10.6. The van der Waals surface area contributed by atoms with Crippen molar-refractivity contribution in [3.05, 3.63) is 82.9 Å². The molecule has 1 aliphatic rings. The van der Waals surface area contributed by atoms with Gasteiger partial charge in [-0.15, -0.1) is 0 Å². The Morgan fingerprint density at radius 3 is 2.14 bits per heavy atom. The van der Waals surface area contributed by atoms with Crippen molar-refractivity contribution in [2.75, 3.05) is 27.4 Å². The highest BCUT2D eigenvalue weighted by atomic mass is 16.5. The zero-order valence-electron chi connectivity index (χ0n) is 19.4. The fourth-order valence-electron chi connectivity index (χ4n) is 4.42. The maximum absolute atomic E-state index is 12.4. The van der Waals surface area contributed by atoms with Crippen LogP contribution in [0.1, 0.15) is 39.1 Å². The largest absolute Gasteiger partial charge is 0.496 e. The number of hydrogen-bond acceptors (Lipinski definition) is 7. The van der Waals surface area contributed by atoms with Crippen LogP contribution in [0, 0.1) is 0 Å². The molecule has 3 aromatic rings. The molecule has 0 heterocycles. The predicted molar refractivity (Wildman–Crippen MR) is 129 cm³/mol. The van der Waals surface area contributed by atoms with E-state index >= 15 is 0 Å². The van der Waals surface area contributed by atoms with Crippen LogP contribution in [0.2, 0.25) is 0 Å². The van der Waals surface area contributed by atoms with E-state index in [1.807, 2.05) is 36.4 Å². The van der Waals surface area contributed by atoms with E-state index in [0.29, 0.717) is 6.29 Å². The summed E-state index contributed by atoms with van der Waals surface area (Å²) in [4.78, 5) is 23.6. The highest BCUT2D eigenvalue weighted by Crippen LogP contribution is 2.44. The second-order valence-electron chi connectivity index (χ2n) is 8.17. The van der Waals surface area contributed by atoms with Gasteiger partial charge < -0.3 is 29.7 Å². The van der Waals surface area contributed by atoms with Crippen LogP contribution in [-0.2, 0) is 4.74 Å². The van der Waals surface area contributed by atoms with Crippen molar-refractivity contribution in [3.8, 4) is 22.6 Å². The molecule has 2 unspecified atom stereocenters. The molecule has 0 saturated heterocycles.